The van der Waals surface area contributed by atoms with Gasteiger partial charge in [0.15, 0.2) is 0 Å². The van der Waals surface area contributed by atoms with Gasteiger partial charge in [-0.15, -0.1) is 0 Å². The highest BCUT2D eigenvalue weighted by Crippen LogP contribution is 1.92. The van der Waals surface area contributed by atoms with Crippen LogP contribution in [0.2, 0.25) is 0 Å². The van der Waals surface area contributed by atoms with Crippen LogP contribution in [0.5, 0.6) is 0 Å². The molecule has 0 aliphatic heterocycles. The van der Waals surface area contributed by atoms with Gasteiger partial charge in [-0.1, -0.05) is 0 Å². The molecule has 0 rings (SSSR count). The zero-order valence-electron chi connectivity index (χ0n) is 10.4. The molecule has 0 aromatic rings. The number of rotatable bonds is 12. The lowest BCUT2D eigenvalue weighted by Crippen LogP contribution is -2.31. The third-order valence-electron chi connectivity index (χ3n) is 2.21. The van der Waals surface area contributed by atoms with Crippen LogP contribution in [-0.4, -0.2) is 64.9 Å². The lowest BCUT2D eigenvalue weighted by atomic mass is 10.2. The van der Waals surface area contributed by atoms with Crippen LogP contribution in [-0.2, 0) is 14.2 Å². The van der Waals surface area contributed by atoms with E-state index < -0.39 is 0 Å². The zero-order chi connectivity index (χ0) is 12.1. The summed E-state index contributed by atoms with van der Waals surface area (Å²) in [6.07, 6.45) is 1.63. The van der Waals surface area contributed by atoms with Crippen LogP contribution in [0.3, 0.4) is 0 Å². The Morgan fingerprint density at radius 2 is 1.88 bits per heavy atom. The molecule has 1 atom stereocenters. The molecule has 2 N–H and O–H groups in total. The smallest absolute Gasteiger partial charge is 0.0701 e. The Morgan fingerprint density at radius 1 is 1.12 bits per heavy atom. The topological polar surface area (TPSA) is 60.0 Å². The Bertz CT molecular complexity index is 135. The largest absolute Gasteiger partial charge is 0.396 e. The minimum atomic E-state index is 0.183. The van der Waals surface area contributed by atoms with Crippen LogP contribution < -0.4 is 5.32 Å². The fourth-order valence-electron chi connectivity index (χ4n) is 1.22. The Balaban J connectivity index is 3.12. The fourth-order valence-corrected chi connectivity index (χ4v) is 1.22. The van der Waals surface area contributed by atoms with Crippen molar-refractivity contribution in [2.75, 3.05) is 53.8 Å². The van der Waals surface area contributed by atoms with Crippen molar-refractivity contribution in [3.05, 3.63) is 0 Å². The van der Waals surface area contributed by atoms with Crippen LogP contribution in [0.25, 0.3) is 0 Å². The van der Waals surface area contributed by atoms with Crippen molar-refractivity contribution in [1.29, 1.82) is 0 Å². The van der Waals surface area contributed by atoms with E-state index in [0.29, 0.717) is 32.8 Å². The molecule has 0 fully saturated rings. The van der Waals surface area contributed by atoms with Crippen LogP contribution in [0.15, 0.2) is 0 Å². The number of likely N-dealkylation sites (N-methyl/N-ethyl adjacent to an activating group) is 1. The van der Waals surface area contributed by atoms with E-state index in [1.807, 2.05) is 7.05 Å². The molecule has 0 saturated heterocycles. The predicted molar refractivity (Wildman–Crippen MR) is 62.7 cm³/mol. The number of ether oxygens (including phenoxy) is 3. The van der Waals surface area contributed by atoms with E-state index in [-0.39, 0.29) is 12.6 Å². The average Bonchev–Trinajstić information content (AvgIpc) is 2.31. The maximum atomic E-state index is 8.76. The molecule has 0 aromatic carbocycles. The van der Waals surface area contributed by atoms with Crippen molar-refractivity contribution < 1.29 is 19.3 Å². The molecular weight excluding hydrogens is 210 g/mol. The first-order valence-corrected chi connectivity index (χ1v) is 5.77. The van der Waals surface area contributed by atoms with Gasteiger partial charge in [0.2, 0.25) is 0 Å². The maximum absolute atomic E-state index is 8.76. The molecule has 0 aromatic heterocycles. The van der Waals surface area contributed by atoms with E-state index in [0.717, 1.165) is 13.0 Å². The zero-order valence-corrected chi connectivity index (χ0v) is 10.4. The summed E-state index contributed by atoms with van der Waals surface area (Å²) in [5.41, 5.74) is 0. The fraction of sp³-hybridized carbons (Fsp3) is 1.00. The van der Waals surface area contributed by atoms with Crippen molar-refractivity contribution in [1.82, 2.24) is 5.32 Å². The Morgan fingerprint density at radius 3 is 2.50 bits per heavy atom. The van der Waals surface area contributed by atoms with Gasteiger partial charge in [-0.3, -0.25) is 0 Å². The number of methoxy groups -OCH3 is 1. The second-order valence-electron chi connectivity index (χ2n) is 3.53. The van der Waals surface area contributed by atoms with Crippen molar-refractivity contribution in [3.63, 3.8) is 0 Å². The molecular formula is C11H25NO4. The van der Waals surface area contributed by atoms with Crippen molar-refractivity contribution in [2.24, 2.45) is 0 Å². The third-order valence-corrected chi connectivity index (χ3v) is 2.21. The van der Waals surface area contributed by atoms with Crippen molar-refractivity contribution in [3.8, 4) is 0 Å². The molecule has 0 heterocycles. The lowest BCUT2D eigenvalue weighted by Gasteiger charge is -2.14. The highest BCUT2D eigenvalue weighted by molar-refractivity contribution is 4.61. The summed E-state index contributed by atoms with van der Waals surface area (Å²) in [6.45, 7) is 3.44. The summed E-state index contributed by atoms with van der Waals surface area (Å²) < 4.78 is 15.7. The number of aliphatic hydroxyl groups excluding tert-OH is 1. The monoisotopic (exact) mass is 235 g/mol. The molecule has 5 heteroatoms. The van der Waals surface area contributed by atoms with Gasteiger partial charge in [-0.2, -0.15) is 0 Å². The molecule has 0 bridgehead atoms. The minimum Gasteiger partial charge on any atom is -0.396 e. The number of hydrogen-bond donors (Lipinski definition) is 2. The summed E-state index contributed by atoms with van der Waals surface area (Å²) >= 11 is 0. The van der Waals surface area contributed by atoms with Gasteiger partial charge in [0.1, 0.15) is 0 Å². The van der Waals surface area contributed by atoms with Crippen LogP contribution in [0, 0.1) is 0 Å². The normalized spacial score (nSPS) is 12.9. The SMILES string of the molecule is CNC(CCO)COCCOCCCOC. The predicted octanol–water partition coefficient (Wildman–Crippen LogP) is 0.0265. The quantitative estimate of drug-likeness (QED) is 0.467. The maximum Gasteiger partial charge on any atom is 0.0701 e. The highest BCUT2D eigenvalue weighted by Gasteiger charge is 2.04. The van der Waals surface area contributed by atoms with Crippen molar-refractivity contribution >= 4 is 0 Å². The molecule has 5 nitrogen and oxygen atoms in total. The third kappa shape index (κ3) is 10.3. The molecule has 0 saturated carbocycles. The Hall–Kier alpha value is -0.200. The number of aliphatic hydroxyl groups is 1. The van der Waals surface area contributed by atoms with Gasteiger partial charge in [0.25, 0.3) is 0 Å². The van der Waals surface area contributed by atoms with Crippen LogP contribution in [0.4, 0.5) is 0 Å². The first kappa shape index (κ1) is 15.8. The molecule has 0 spiro atoms. The molecule has 1 unspecified atom stereocenters. The van der Waals surface area contributed by atoms with E-state index in [4.69, 9.17) is 19.3 Å². The number of hydrogen-bond acceptors (Lipinski definition) is 5. The summed E-state index contributed by atoms with van der Waals surface area (Å²) in [6, 6.07) is 0.221. The summed E-state index contributed by atoms with van der Waals surface area (Å²) in [5, 5.41) is 11.8. The first-order chi connectivity index (χ1) is 7.85. The average molecular weight is 235 g/mol. The van der Waals surface area contributed by atoms with Crippen molar-refractivity contribution in [2.45, 2.75) is 18.9 Å². The summed E-state index contributed by atoms with van der Waals surface area (Å²) in [5.74, 6) is 0. The molecule has 0 radical (unpaired) electrons. The van der Waals surface area contributed by atoms with Gasteiger partial charge in [-0.05, 0) is 19.9 Å². The second kappa shape index (κ2) is 12.9. The molecule has 0 aliphatic carbocycles. The van der Waals surface area contributed by atoms with Gasteiger partial charge in [-0.25, -0.2) is 0 Å². The molecule has 98 valence electrons. The van der Waals surface area contributed by atoms with E-state index in [1.165, 1.54) is 0 Å². The van der Waals surface area contributed by atoms with Gasteiger partial charge in [0.05, 0.1) is 19.8 Å². The standard InChI is InChI=1S/C11H25NO4/c1-12-11(4-5-13)10-16-9-8-15-7-3-6-14-2/h11-13H,3-10H2,1-2H3. The van der Waals surface area contributed by atoms with Crippen LogP contribution in [0.1, 0.15) is 12.8 Å². The Kier molecular flexibility index (Phi) is 12.7. The molecule has 0 aliphatic rings. The van der Waals surface area contributed by atoms with E-state index in [9.17, 15) is 0 Å². The van der Waals surface area contributed by atoms with Gasteiger partial charge < -0.3 is 24.6 Å². The van der Waals surface area contributed by atoms with Gasteiger partial charge >= 0.3 is 0 Å². The van der Waals surface area contributed by atoms with E-state index in [1.54, 1.807) is 7.11 Å². The van der Waals surface area contributed by atoms with Crippen LogP contribution >= 0.6 is 0 Å². The summed E-state index contributed by atoms with van der Waals surface area (Å²) in [4.78, 5) is 0. The van der Waals surface area contributed by atoms with E-state index >= 15 is 0 Å². The van der Waals surface area contributed by atoms with E-state index in [2.05, 4.69) is 5.32 Å². The van der Waals surface area contributed by atoms with Gasteiger partial charge in [0, 0.05) is 33.0 Å². The summed E-state index contributed by atoms with van der Waals surface area (Å²) in [7, 11) is 3.55. The number of nitrogens with one attached hydrogen (secondary N) is 1. The molecule has 0 amide bonds. The lowest BCUT2D eigenvalue weighted by molar-refractivity contribution is 0.0310. The molecule has 16 heavy (non-hydrogen) atoms. The minimum absolute atomic E-state index is 0.183. The second-order valence-corrected chi connectivity index (χ2v) is 3.53. The first-order valence-electron chi connectivity index (χ1n) is 5.77. The Labute approximate surface area is 98.1 Å². The highest BCUT2D eigenvalue weighted by atomic mass is 16.5.